The Hall–Kier alpha value is -3.63. The summed E-state index contributed by atoms with van der Waals surface area (Å²) in [5.41, 5.74) is 3.53. The van der Waals surface area contributed by atoms with Gasteiger partial charge in [-0.05, 0) is 93.3 Å². The van der Waals surface area contributed by atoms with Gasteiger partial charge in [0.1, 0.15) is 6.61 Å². The van der Waals surface area contributed by atoms with Gasteiger partial charge in [-0.2, -0.15) is 0 Å². The third kappa shape index (κ3) is 6.13. The molecule has 0 radical (unpaired) electrons. The van der Waals surface area contributed by atoms with Crippen LogP contribution in [0.3, 0.4) is 0 Å². The van der Waals surface area contributed by atoms with Crippen LogP contribution >= 0.6 is 27.7 Å². The van der Waals surface area contributed by atoms with E-state index in [-0.39, 0.29) is 18.2 Å². The second-order valence-corrected chi connectivity index (χ2v) is 9.63. The molecule has 8 nitrogen and oxygen atoms in total. The van der Waals surface area contributed by atoms with Crippen molar-refractivity contribution in [2.45, 2.75) is 20.0 Å². The number of carbonyl (C=O) groups excluding carboxylic acids is 1. The number of carbonyl (C=O) groups is 1. The quantitative estimate of drug-likeness (QED) is 0.192. The normalized spacial score (nSPS) is 15.2. The van der Waals surface area contributed by atoms with E-state index in [2.05, 4.69) is 33.2 Å². The summed E-state index contributed by atoms with van der Waals surface area (Å²) < 4.78 is 12.1. The lowest BCUT2D eigenvalue weighted by Crippen LogP contribution is -2.19. The number of nitro benzene ring substituents is 1. The van der Waals surface area contributed by atoms with Crippen LogP contribution in [-0.2, 0) is 17.8 Å². The lowest BCUT2D eigenvalue weighted by atomic mass is 10.1. The summed E-state index contributed by atoms with van der Waals surface area (Å²) in [6.07, 6.45) is 2.71. The van der Waals surface area contributed by atoms with Crippen molar-refractivity contribution in [2.75, 3.05) is 7.11 Å². The van der Waals surface area contributed by atoms with Crippen molar-refractivity contribution in [3.05, 3.63) is 96.8 Å². The number of nitrogens with zero attached hydrogens (tertiary/aromatic N) is 2. The number of halogens is 1. The molecule has 1 N–H and O–H groups in total. The molecule has 0 bridgehead atoms. The number of aliphatic imine (C=N–C) groups is 1. The van der Waals surface area contributed by atoms with Crippen LogP contribution in [0.5, 0.6) is 11.5 Å². The van der Waals surface area contributed by atoms with Crippen LogP contribution in [0.25, 0.3) is 6.08 Å². The number of hydrogen-bond acceptors (Lipinski definition) is 7. The van der Waals surface area contributed by atoms with Crippen molar-refractivity contribution in [3.63, 3.8) is 0 Å². The Morgan fingerprint density at radius 3 is 2.44 bits per heavy atom. The molecule has 10 heteroatoms. The van der Waals surface area contributed by atoms with Gasteiger partial charge in [0, 0.05) is 12.1 Å². The molecule has 1 amide bonds. The highest BCUT2D eigenvalue weighted by atomic mass is 79.9. The minimum absolute atomic E-state index is 0.0197. The molecule has 184 valence electrons. The van der Waals surface area contributed by atoms with Gasteiger partial charge in [0.05, 0.1) is 27.1 Å². The zero-order valence-corrected chi connectivity index (χ0v) is 21.9. The zero-order valence-electron chi connectivity index (χ0n) is 19.5. The van der Waals surface area contributed by atoms with E-state index in [0.29, 0.717) is 26.0 Å². The van der Waals surface area contributed by atoms with Crippen molar-refractivity contribution in [3.8, 4) is 11.5 Å². The van der Waals surface area contributed by atoms with Crippen molar-refractivity contribution < 1.29 is 19.2 Å². The highest BCUT2D eigenvalue weighted by Gasteiger charge is 2.24. The summed E-state index contributed by atoms with van der Waals surface area (Å²) in [6, 6.07) is 17.6. The van der Waals surface area contributed by atoms with E-state index in [0.717, 1.165) is 23.2 Å². The number of methoxy groups -OCH3 is 1. The number of aryl methyl sites for hydroxylation is 1. The molecular formula is C26H22BrN3O5S. The molecule has 0 spiro atoms. The lowest BCUT2D eigenvalue weighted by molar-refractivity contribution is -0.384. The SMILES string of the molecule is CCc1ccc(N=C2NC(=O)/C(=C/c3cc(Br)c(OCc4ccc([N+](=O)[O-])cc4)c(OC)c3)S2)cc1. The standard InChI is InChI=1S/C26H22BrN3O5S/c1-3-16-4-8-19(9-5-16)28-26-29-25(31)23(36-26)14-18-12-21(27)24(22(13-18)34-2)35-15-17-6-10-20(11-7-17)30(32)33/h4-14H,3,15H2,1-2H3,(H,28,29,31)/b23-14-. The van der Waals surface area contributed by atoms with Crippen molar-refractivity contribution in [1.29, 1.82) is 0 Å². The smallest absolute Gasteiger partial charge is 0.269 e. The highest BCUT2D eigenvalue weighted by Crippen LogP contribution is 2.39. The number of rotatable bonds is 8. The van der Waals surface area contributed by atoms with E-state index in [9.17, 15) is 14.9 Å². The number of nitro groups is 1. The molecule has 0 atom stereocenters. The molecule has 3 aromatic rings. The Labute approximate surface area is 220 Å². The Balaban J connectivity index is 1.49. The molecule has 1 heterocycles. The molecule has 1 aliphatic rings. The number of non-ortho nitro benzene ring substituents is 1. The molecule has 36 heavy (non-hydrogen) atoms. The first kappa shape index (κ1) is 25.5. The van der Waals surface area contributed by atoms with Crippen LogP contribution in [0.1, 0.15) is 23.6 Å². The highest BCUT2D eigenvalue weighted by molar-refractivity contribution is 9.10. The van der Waals surface area contributed by atoms with Crippen LogP contribution < -0.4 is 14.8 Å². The Kier molecular flexibility index (Phi) is 8.07. The van der Waals surface area contributed by atoms with Gasteiger partial charge in [-0.25, -0.2) is 4.99 Å². The van der Waals surface area contributed by atoms with Crippen molar-refractivity contribution in [2.24, 2.45) is 4.99 Å². The molecule has 1 fully saturated rings. The summed E-state index contributed by atoms with van der Waals surface area (Å²) in [7, 11) is 1.53. The Bertz CT molecular complexity index is 1360. The van der Waals surface area contributed by atoms with Gasteiger partial charge in [0.2, 0.25) is 0 Å². The van der Waals surface area contributed by atoms with Gasteiger partial charge in [0.25, 0.3) is 11.6 Å². The van der Waals surface area contributed by atoms with Crippen molar-refractivity contribution in [1.82, 2.24) is 5.32 Å². The fraction of sp³-hybridized carbons (Fsp3) is 0.154. The maximum atomic E-state index is 12.5. The number of amidine groups is 1. The molecular weight excluding hydrogens is 546 g/mol. The number of ether oxygens (including phenoxy) is 2. The zero-order chi connectivity index (χ0) is 25.7. The molecule has 0 aliphatic carbocycles. The van der Waals surface area contributed by atoms with Gasteiger partial charge in [-0.1, -0.05) is 19.1 Å². The van der Waals surface area contributed by atoms with E-state index >= 15 is 0 Å². The average molecular weight is 568 g/mol. The van der Waals surface area contributed by atoms with Gasteiger partial charge < -0.3 is 14.8 Å². The minimum Gasteiger partial charge on any atom is -0.493 e. The topological polar surface area (TPSA) is 103 Å². The summed E-state index contributed by atoms with van der Waals surface area (Å²) in [5.74, 6) is 0.739. The predicted molar refractivity (Wildman–Crippen MR) is 145 cm³/mol. The molecule has 0 unspecified atom stereocenters. The van der Waals surface area contributed by atoms with Gasteiger partial charge >= 0.3 is 0 Å². The number of nitrogens with one attached hydrogen (secondary N) is 1. The number of thioether (sulfide) groups is 1. The number of amides is 1. The fourth-order valence-electron chi connectivity index (χ4n) is 3.39. The van der Waals surface area contributed by atoms with Crippen molar-refractivity contribution >= 4 is 56.2 Å². The molecule has 1 saturated heterocycles. The Morgan fingerprint density at radius 1 is 1.11 bits per heavy atom. The van der Waals surface area contributed by atoms with E-state index < -0.39 is 4.92 Å². The largest absolute Gasteiger partial charge is 0.493 e. The third-order valence-corrected chi connectivity index (χ3v) is 6.80. The monoisotopic (exact) mass is 567 g/mol. The molecule has 4 rings (SSSR count). The summed E-state index contributed by atoms with van der Waals surface area (Å²) in [4.78, 5) is 27.9. The second kappa shape index (κ2) is 11.4. The minimum atomic E-state index is -0.446. The average Bonchev–Trinajstić information content (AvgIpc) is 3.21. The third-order valence-electron chi connectivity index (χ3n) is 5.31. The van der Waals surface area contributed by atoms with E-state index in [1.807, 2.05) is 30.3 Å². The number of benzene rings is 3. The Morgan fingerprint density at radius 2 is 1.81 bits per heavy atom. The molecule has 0 aromatic heterocycles. The predicted octanol–water partition coefficient (Wildman–Crippen LogP) is 6.40. The van der Waals surface area contributed by atoms with Crippen LogP contribution in [0.4, 0.5) is 11.4 Å². The maximum Gasteiger partial charge on any atom is 0.269 e. The fourth-order valence-corrected chi connectivity index (χ4v) is 4.80. The first-order chi connectivity index (χ1) is 17.4. The number of hydrogen-bond donors (Lipinski definition) is 1. The van der Waals surface area contributed by atoms with E-state index in [4.69, 9.17) is 9.47 Å². The molecule has 3 aromatic carbocycles. The first-order valence-corrected chi connectivity index (χ1v) is 12.6. The maximum absolute atomic E-state index is 12.5. The van der Waals surface area contributed by atoms with Crippen LogP contribution in [0.2, 0.25) is 0 Å². The van der Waals surface area contributed by atoms with Gasteiger partial charge in [-0.15, -0.1) is 0 Å². The summed E-state index contributed by atoms with van der Waals surface area (Å²) >= 11 is 4.79. The second-order valence-electron chi connectivity index (χ2n) is 7.75. The first-order valence-electron chi connectivity index (χ1n) is 11.0. The van der Waals surface area contributed by atoms with Crippen LogP contribution in [-0.4, -0.2) is 23.1 Å². The lowest BCUT2D eigenvalue weighted by Gasteiger charge is -2.14. The summed E-state index contributed by atoms with van der Waals surface area (Å²) in [6.45, 7) is 2.29. The van der Waals surface area contributed by atoms with Gasteiger partial charge in [0.15, 0.2) is 16.7 Å². The van der Waals surface area contributed by atoms with E-state index in [1.54, 1.807) is 24.3 Å². The van der Waals surface area contributed by atoms with Gasteiger partial charge in [-0.3, -0.25) is 14.9 Å². The van der Waals surface area contributed by atoms with Crippen LogP contribution in [0, 0.1) is 10.1 Å². The summed E-state index contributed by atoms with van der Waals surface area (Å²) in [5, 5.41) is 14.2. The molecule has 1 aliphatic heterocycles. The van der Waals surface area contributed by atoms with Crippen LogP contribution in [0.15, 0.2) is 75.0 Å². The van der Waals surface area contributed by atoms with E-state index in [1.165, 1.54) is 36.6 Å². The molecule has 0 saturated carbocycles.